The molecule has 0 aliphatic rings. The Hall–Kier alpha value is -2.90. The normalized spacial score (nSPS) is 12.9. The molecule has 2 heterocycles. The minimum atomic E-state index is -3.97. The Morgan fingerprint density at radius 2 is 2.28 bits per heavy atom. The van der Waals surface area contributed by atoms with Crippen molar-refractivity contribution in [2.45, 2.75) is 17.9 Å². The van der Waals surface area contributed by atoms with Gasteiger partial charge in [-0.25, -0.2) is 17.7 Å². The van der Waals surface area contributed by atoms with E-state index in [4.69, 9.17) is 11.7 Å². The Bertz CT molecular complexity index is 1080. The van der Waals surface area contributed by atoms with Gasteiger partial charge in [0.25, 0.3) is 10.0 Å². The second-order valence-corrected chi connectivity index (χ2v) is 7.11. The van der Waals surface area contributed by atoms with Crippen LogP contribution in [0.5, 0.6) is 0 Å². The Kier molecular flexibility index (Phi) is 4.20. The van der Waals surface area contributed by atoms with E-state index in [9.17, 15) is 12.8 Å². The highest BCUT2D eigenvalue weighted by molar-refractivity contribution is 7.92. The molecule has 0 saturated carbocycles. The summed E-state index contributed by atoms with van der Waals surface area (Å²) >= 11 is 0. The van der Waals surface area contributed by atoms with Crippen molar-refractivity contribution in [2.24, 2.45) is 0 Å². The van der Waals surface area contributed by atoms with Gasteiger partial charge in [0.1, 0.15) is 10.7 Å². The average molecular weight is 363 g/mol. The predicted octanol–water partition coefficient (Wildman–Crippen LogP) is 2.41. The van der Waals surface area contributed by atoms with Crippen molar-refractivity contribution in [2.75, 3.05) is 11.3 Å². The van der Waals surface area contributed by atoms with Gasteiger partial charge >= 0.3 is 0 Å². The Labute approximate surface area is 142 Å². The van der Waals surface area contributed by atoms with Gasteiger partial charge in [-0.15, -0.1) is 0 Å². The molecule has 0 unspecified atom stereocenters. The Morgan fingerprint density at radius 1 is 1.52 bits per heavy atom. The van der Waals surface area contributed by atoms with Gasteiger partial charge in [-0.2, -0.15) is 5.10 Å². The van der Waals surface area contributed by atoms with Gasteiger partial charge in [0, 0.05) is 17.8 Å². The number of sulfonamides is 1. The number of aromatic amines is 1. The maximum Gasteiger partial charge on any atom is 0.265 e. The van der Waals surface area contributed by atoms with Crippen LogP contribution in [0.3, 0.4) is 0 Å². The first-order chi connectivity index (χ1) is 11.9. The van der Waals surface area contributed by atoms with E-state index in [1.54, 1.807) is 6.92 Å². The summed E-state index contributed by atoms with van der Waals surface area (Å²) in [4.78, 5) is 5.84. The van der Waals surface area contributed by atoms with Crippen molar-refractivity contribution in [1.82, 2.24) is 14.8 Å². The molecule has 2 aromatic heterocycles. The standard InChI is InChI=1S/C15H14FN5O3S/c1-9(8-22)21-7-10(5-19-21)25(23,24)20-12-4-3-11(16)14-13(17-2)6-18-15(12)14/h3-7,9,18,20,22H,8H2,1H3/t9-/m1/s1. The van der Waals surface area contributed by atoms with Crippen molar-refractivity contribution in [3.8, 4) is 0 Å². The van der Waals surface area contributed by atoms with E-state index < -0.39 is 15.8 Å². The molecule has 3 N–H and O–H groups in total. The number of aliphatic hydroxyl groups excluding tert-OH is 1. The molecule has 0 amide bonds. The van der Waals surface area contributed by atoms with E-state index in [-0.39, 0.29) is 39.8 Å². The fourth-order valence-corrected chi connectivity index (χ4v) is 3.36. The highest BCUT2D eigenvalue weighted by atomic mass is 32.2. The SMILES string of the molecule is [C-]#[N+]c1c[nH]c2c(NS(=O)(=O)c3cnn([C@H](C)CO)c3)ccc(F)c12. The summed E-state index contributed by atoms with van der Waals surface area (Å²) in [5.41, 5.74) is 0.373. The molecule has 0 spiro atoms. The third-order valence-electron chi connectivity index (χ3n) is 3.73. The molecule has 1 aromatic carbocycles. The second kappa shape index (κ2) is 6.19. The molecule has 0 aliphatic carbocycles. The number of aliphatic hydroxyl groups is 1. The smallest absolute Gasteiger partial charge is 0.265 e. The quantitative estimate of drug-likeness (QED) is 0.606. The van der Waals surface area contributed by atoms with Crippen LogP contribution in [0, 0.1) is 12.4 Å². The van der Waals surface area contributed by atoms with Gasteiger partial charge in [0.2, 0.25) is 5.69 Å². The molecule has 0 bridgehead atoms. The molecule has 3 aromatic rings. The van der Waals surface area contributed by atoms with Gasteiger partial charge < -0.3 is 10.1 Å². The highest BCUT2D eigenvalue weighted by Gasteiger charge is 2.21. The van der Waals surface area contributed by atoms with E-state index in [1.807, 2.05) is 0 Å². The molecule has 1 atom stereocenters. The number of hydrogen-bond acceptors (Lipinski definition) is 4. The van der Waals surface area contributed by atoms with Crippen molar-refractivity contribution >= 4 is 32.3 Å². The van der Waals surface area contributed by atoms with Crippen molar-refractivity contribution < 1.29 is 17.9 Å². The largest absolute Gasteiger partial charge is 0.394 e. The maximum absolute atomic E-state index is 14.0. The van der Waals surface area contributed by atoms with E-state index in [0.717, 1.165) is 12.3 Å². The zero-order valence-corrected chi connectivity index (χ0v) is 13.9. The van der Waals surface area contributed by atoms with E-state index in [2.05, 4.69) is 19.6 Å². The van der Waals surface area contributed by atoms with Gasteiger partial charge in [0.05, 0.1) is 36.6 Å². The summed E-state index contributed by atoms with van der Waals surface area (Å²) in [6, 6.07) is 2.01. The third-order valence-corrected chi connectivity index (χ3v) is 5.05. The molecule has 130 valence electrons. The van der Waals surface area contributed by atoms with Crippen LogP contribution in [0.1, 0.15) is 13.0 Å². The first-order valence-electron chi connectivity index (χ1n) is 7.22. The molecule has 0 saturated heterocycles. The van der Waals surface area contributed by atoms with Gasteiger partial charge in [0.15, 0.2) is 0 Å². The summed E-state index contributed by atoms with van der Waals surface area (Å²) in [5, 5.41) is 13.1. The van der Waals surface area contributed by atoms with Crippen LogP contribution in [0.15, 0.2) is 35.6 Å². The number of anilines is 1. The van der Waals surface area contributed by atoms with Crippen molar-refractivity contribution in [3.63, 3.8) is 0 Å². The lowest BCUT2D eigenvalue weighted by molar-refractivity contribution is 0.229. The zero-order valence-electron chi connectivity index (χ0n) is 13.1. The van der Waals surface area contributed by atoms with E-state index in [0.29, 0.717) is 0 Å². The van der Waals surface area contributed by atoms with Crippen LogP contribution in [0.4, 0.5) is 15.8 Å². The Morgan fingerprint density at radius 3 is 2.96 bits per heavy atom. The first kappa shape index (κ1) is 16.9. The number of rotatable bonds is 5. The second-order valence-electron chi connectivity index (χ2n) is 5.42. The highest BCUT2D eigenvalue weighted by Crippen LogP contribution is 2.34. The lowest BCUT2D eigenvalue weighted by Crippen LogP contribution is -2.13. The molecule has 0 aliphatic heterocycles. The molecule has 25 heavy (non-hydrogen) atoms. The number of nitrogens with zero attached hydrogens (tertiary/aromatic N) is 3. The zero-order chi connectivity index (χ0) is 18.2. The number of H-pyrrole nitrogens is 1. The van der Waals surface area contributed by atoms with Gasteiger partial charge in [-0.1, -0.05) is 0 Å². The van der Waals surface area contributed by atoms with E-state index >= 15 is 0 Å². The number of hydrogen-bond donors (Lipinski definition) is 3. The number of benzene rings is 1. The molecular weight excluding hydrogens is 349 g/mol. The number of nitrogens with one attached hydrogen (secondary N) is 2. The molecule has 0 fully saturated rings. The van der Waals surface area contributed by atoms with Gasteiger partial charge in [-0.05, 0) is 19.1 Å². The summed E-state index contributed by atoms with van der Waals surface area (Å²) in [7, 11) is -3.97. The number of fused-ring (bicyclic) bond motifs is 1. The minimum Gasteiger partial charge on any atom is -0.394 e. The van der Waals surface area contributed by atoms with Gasteiger partial charge in [-0.3, -0.25) is 9.40 Å². The summed E-state index contributed by atoms with van der Waals surface area (Å²) in [6.45, 7) is 8.55. The van der Waals surface area contributed by atoms with Crippen LogP contribution >= 0.6 is 0 Å². The fourth-order valence-electron chi connectivity index (χ4n) is 2.35. The van der Waals surface area contributed by atoms with Crippen LogP contribution in [0.25, 0.3) is 15.7 Å². The Balaban J connectivity index is 2.01. The minimum absolute atomic E-state index is 0.0276. The van der Waals surface area contributed by atoms with Crippen LogP contribution in [-0.2, 0) is 10.0 Å². The lowest BCUT2D eigenvalue weighted by atomic mass is 10.2. The molecule has 8 nitrogen and oxygen atoms in total. The molecular formula is C15H14FN5O3S. The topological polar surface area (TPSA) is 104 Å². The predicted molar refractivity (Wildman–Crippen MR) is 89.4 cm³/mol. The van der Waals surface area contributed by atoms with Crippen LogP contribution < -0.4 is 4.72 Å². The lowest BCUT2D eigenvalue weighted by Gasteiger charge is -2.09. The monoisotopic (exact) mass is 363 g/mol. The fraction of sp³-hybridized carbons (Fsp3) is 0.200. The van der Waals surface area contributed by atoms with Crippen LogP contribution in [-0.4, -0.2) is 34.9 Å². The summed E-state index contributed by atoms with van der Waals surface area (Å²) in [5.74, 6) is -0.616. The number of aromatic nitrogens is 3. The summed E-state index contributed by atoms with van der Waals surface area (Å²) in [6.07, 6.45) is 3.78. The molecule has 10 heteroatoms. The maximum atomic E-state index is 14.0. The molecule has 3 rings (SSSR count). The summed E-state index contributed by atoms with van der Waals surface area (Å²) < 4.78 is 42.7. The molecule has 0 radical (unpaired) electrons. The number of halogens is 1. The van der Waals surface area contributed by atoms with Crippen LogP contribution in [0.2, 0.25) is 0 Å². The first-order valence-corrected chi connectivity index (χ1v) is 8.70. The van der Waals surface area contributed by atoms with Crippen molar-refractivity contribution in [3.05, 3.63) is 48.0 Å². The van der Waals surface area contributed by atoms with Crippen molar-refractivity contribution in [1.29, 1.82) is 0 Å². The van der Waals surface area contributed by atoms with E-state index in [1.165, 1.54) is 23.1 Å². The third kappa shape index (κ3) is 2.95. The average Bonchev–Trinajstić information content (AvgIpc) is 3.24.